The second-order valence-corrected chi connectivity index (χ2v) is 6.51. The molecule has 1 atom stereocenters. The third kappa shape index (κ3) is 3.47. The van der Waals surface area contributed by atoms with E-state index in [4.69, 9.17) is 5.73 Å². The van der Waals surface area contributed by atoms with Gasteiger partial charge in [0.2, 0.25) is 15.9 Å². The van der Waals surface area contributed by atoms with Gasteiger partial charge >= 0.3 is 0 Å². The number of carbonyl (C=O) groups excluding carboxylic acids is 1. The number of anilines is 1. The molecular weight excluding hydrogens is 264 g/mol. The van der Waals surface area contributed by atoms with Gasteiger partial charge in [-0.15, -0.1) is 0 Å². The van der Waals surface area contributed by atoms with E-state index in [1.807, 2.05) is 19.9 Å². The van der Waals surface area contributed by atoms with Crippen molar-refractivity contribution in [3.8, 4) is 0 Å². The predicted octanol–water partition coefficient (Wildman–Crippen LogP) is 1.33. The van der Waals surface area contributed by atoms with Gasteiger partial charge in [-0.1, -0.05) is 13.0 Å². The first kappa shape index (κ1) is 15.5. The van der Waals surface area contributed by atoms with E-state index in [0.29, 0.717) is 12.1 Å². The summed E-state index contributed by atoms with van der Waals surface area (Å²) in [4.78, 5) is 11.5. The van der Waals surface area contributed by atoms with Gasteiger partial charge in [0.15, 0.2) is 0 Å². The van der Waals surface area contributed by atoms with Crippen molar-refractivity contribution in [2.75, 3.05) is 10.6 Å². The van der Waals surface area contributed by atoms with Crippen LogP contribution in [0.2, 0.25) is 0 Å². The highest BCUT2D eigenvalue weighted by Gasteiger charge is 2.29. The molecule has 106 valence electrons. The fourth-order valence-electron chi connectivity index (χ4n) is 1.95. The molecule has 0 spiro atoms. The van der Waals surface area contributed by atoms with E-state index in [9.17, 15) is 13.2 Å². The lowest BCUT2D eigenvalue weighted by Crippen LogP contribution is -2.47. The summed E-state index contributed by atoms with van der Waals surface area (Å²) < 4.78 is 25.0. The first-order valence-electron chi connectivity index (χ1n) is 6.04. The van der Waals surface area contributed by atoms with E-state index in [-0.39, 0.29) is 0 Å². The van der Waals surface area contributed by atoms with Gasteiger partial charge in [0.05, 0.1) is 11.9 Å². The van der Waals surface area contributed by atoms with Gasteiger partial charge in [-0.25, -0.2) is 8.42 Å². The van der Waals surface area contributed by atoms with E-state index in [0.717, 1.165) is 21.7 Å². The van der Waals surface area contributed by atoms with Crippen molar-refractivity contribution < 1.29 is 13.2 Å². The molecule has 6 heteroatoms. The number of hydrogen-bond acceptors (Lipinski definition) is 3. The van der Waals surface area contributed by atoms with Crippen molar-refractivity contribution in [3.05, 3.63) is 29.3 Å². The van der Waals surface area contributed by atoms with Crippen LogP contribution < -0.4 is 10.0 Å². The number of aryl methyl sites for hydroxylation is 2. The average molecular weight is 284 g/mol. The number of benzene rings is 1. The van der Waals surface area contributed by atoms with Crippen LogP contribution in [0, 0.1) is 13.8 Å². The normalized spacial score (nSPS) is 13.1. The molecule has 1 amide bonds. The van der Waals surface area contributed by atoms with Crippen molar-refractivity contribution in [1.82, 2.24) is 0 Å². The molecule has 0 heterocycles. The fourth-order valence-corrected chi connectivity index (χ4v) is 3.16. The van der Waals surface area contributed by atoms with Gasteiger partial charge in [-0.3, -0.25) is 9.10 Å². The summed E-state index contributed by atoms with van der Waals surface area (Å²) in [5, 5.41) is 0. The topological polar surface area (TPSA) is 80.5 Å². The minimum Gasteiger partial charge on any atom is -0.368 e. The Morgan fingerprint density at radius 2 is 1.89 bits per heavy atom. The molecule has 1 unspecified atom stereocenters. The largest absolute Gasteiger partial charge is 0.368 e. The highest BCUT2D eigenvalue weighted by Crippen LogP contribution is 2.24. The Kier molecular flexibility index (Phi) is 4.57. The van der Waals surface area contributed by atoms with Gasteiger partial charge in [0, 0.05) is 0 Å². The standard InChI is InChI=1S/C13H20N2O3S/c1-5-12(13(14)16)15(19(4,17)18)11-7-6-9(2)10(3)8-11/h6-8,12H,5H2,1-4H3,(H2,14,16). The number of nitrogens with zero attached hydrogens (tertiary/aromatic N) is 1. The molecule has 0 aromatic heterocycles. The lowest BCUT2D eigenvalue weighted by molar-refractivity contribution is -0.119. The maximum atomic E-state index is 12.0. The van der Waals surface area contributed by atoms with Crippen molar-refractivity contribution in [2.45, 2.75) is 33.2 Å². The lowest BCUT2D eigenvalue weighted by Gasteiger charge is -2.29. The van der Waals surface area contributed by atoms with Crippen LogP contribution in [0.4, 0.5) is 5.69 Å². The molecule has 0 radical (unpaired) electrons. The minimum atomic E-state index is -3.57. The third-order valence-electron chi connectivity index (χ3n) is 3.10. The summed E-state index contributed by atoms with van der Waals surface area (Å²) in [6.45, 7) is 5.56. The van der Waals surface area contributed by atoms with Gasteiger partial charge in [-0.2, -0.15) is 0 Å². The monoisotopic (exact) mass is 284 g/mol. The maximum Gasteiger partial charge on any atom is 0.241 e. The highest BCUT2D eigenvalue weighted by atomic mass is 32.2. The average Bonchev–Trinajstić information content (AvgIpc) is 2.27. The molecule has 1 aromatic rings. The molecular formula is C13H20N2O3S. The van der Waals surface area contributed by atoms with Crippen LogP contribution in [0.15, 0.2) is 18.2 Å². The summed E-state index contributed by atoms with van der Waals surface area (Å²) in [5.74, 6) is -0.647. The summed E-state index contributed by atoms with van der Waals surface area (Å²) >= 11 is 0. The van der Waals surface area contributed by atoms with Crippen molar-refractivity contribution >= 4 is 21.6 Å². The molecule has 1 aromatic carbocycles. The zero-order valence-corrected chi connectivity index (χ0v) is 12.5. The lowest BCUT2D eigenvalue weighted by atomic mass is 10.1. The number of hydrogen-bond donors (Lipinski definition) is 1. The Labute approximate surface area is 114 Å². The molecule has 0 saturated heterocycles. The first-order valence-corrected chi connectivity index (χ1v) is 7.89. The van der Waals surface area contributed by atoms with Gasteiger partial charge in [0.1, 0.15) is 6.04 Å². The molecule has 0 saturated carbocycles. The second-order valence-electron chi connectivity index (χ2n) is 4.65. The fraction of sp³-hybridized carbons (Fsp3) is 0.462. The van der Waals surface area contributed by atoms with E-state index >= 15 is 0 Å². The molecule has 2 N–H and O–H groups in total. The summed E-state index contributed by atoms with van der Waals surface area (Å²) in [6, 6.07) is 4.41. The molecule has 0 aliphatic rings. The van der Waals surface area contributed by atoms with Gasteiger partial charge in [0.25, 0.3) is 0 Å². The molecule has 1 rings (SSSR count). The third-order valence-corrected chi connectivity index (χ3v) is 4.28. The van der Waals surface area contributed by atoms with Gasteiger partial charge in [-0.05, 0) is 43.5 Å². The molecule has 5 nitrogen and oxygen atoms in total. The summed E-state index contributed by atoms with van der Waals surface area (Å²) in [7, 11) is -3.57. The van der Waals surface area contributed by atoms with Crippen LogP contribution in [0.1, 0.15) is 24.5 Å². The number of primary amides is 1. The van der Waals surface area contributed by atoms with Gasteiger partial charge < -0.3 is 5.73 Å². The Morgan fingerprint density at radius 3 is 2.26 bits per heavy atom. The Bertz CT molecular complexity index is 582. The zero-order valence-electron chi connectivity index (χ0n) is 11.7. The number of nitrogens with two attached hydrogens (primary N) is 1. The SMILES string of the molecule is CCC(C(N)=O)N(c1ccc(C)c(C)c1)S(C)(=O)=O. The van der Waals surface area contributed by atoms with E-state index in [1.54, 1.807) is 19.1 Å². The first-order chi connectivity index (χ1) is 8.68. The van der Waals surface area contributed by atoms with Crippen LogP contribution in [0.3, 0.4) is 0 Å². The molecule has 0 aliphatic heterocycles. The number of rotatable bonds is 5. The second kappa shape index (κ2) is 5.61. The zero-order chi connectivity index (χ0) is 14.8. The smallest absolute Gasteiger partial charge is 0.241 e. The predicted molar refractivity (Wildman–Crippen MR) is 76.5 cm³/mol. The summed E-state index contributed by atoms with van der Waals surface area (Å²) in [6.07, 6.45) is 1.41. The van der Waals surface area contributed by atoms with Crippen LogP contribution in [0.25, 0.3) is 0 Å². The number of sulfonamides is 1. The molecule has 0 aliphatic carbocycles. The Morgan fingerprint density at radius 1 is 1.32 bits per heavy atom. The Hall–Kier alpha value is -1.56. The summed E-state index contributed by atoms with van der Waals surface area (Å²) in [5.41, 5.74) is 7.80. The van der Waals surface area contributed by atoms with Crippen molar-refractivity contribution in [3.63, 3.8) is 0 Å². The van der Waals surface area contributed by atoms with E-state index in [2.05, 4.69) is 0 Å². The number of carbonyl (C=O) groups is 1. The highest BCUT2D eigenvalue weighted by molar-refractivity contribution is 7.92. The van der Waals surface area contributed by atoms with E-state index in [1.165, 1.54) is 0 Å². The Balaban J connectivity index is 3.40. The van der Waals surface area contributed by atoms with Crippen LogP contribution >= 0.6 is 0 Å². The molecule has 19 heavy (non-hydrogen) atoms. The molecule has 0 fully saturated rings. The van der Waals surface area contributed by atoms with Crippen LogP contribution in [0.5, 0.6) is 0 Å². The quantitative estimate of drug-likeness (QED) is 0.885. The number of amides is 1. The van der Waals surface area contributed by atoms with Crippen molar-refractivity contribution in [1.29, 1.82) is 0 Å². The van der Waals surface area contributed by atoms with Crippen LogP contribution in [-0.4, -0.2) is 26.6 Å². The van der Waals surface area contributed by atoms with Crippen LogP contribution in [-0.2, 0) is 14.8 Å². The van der Waals surface area contributed by atoms with E-state index < -0.39 is 22.0 Å². The minimum absolute atomic E-state index is 0.329. The molecule has 0 bridgehead atoms. The van der Waals surface area contributed by atoms with Crippen molar-refractivity contribution in [2.24, 2.45) is 5.73 Å². The maximum absolute atomic E-state index is 12.0.